The summed E-state index contributed by atoms with van der Waals surface area (Å²) in [5.74, 6) is -1.12. The van der Waals surface area contributed by atoms with E-state index >= 15 is 0 Å². The second-order valence-corrected chi connectivity index (χ2v) is 4.85. The summed E-state index contributed by atoms with van der Waals surface area (Å²) in [7, 11) is 0. The minimum Gasteiger partial charge on any atom is -0.388 e. The van der Waals surface area contributed by atoms with Gasteiger partial charge in [0, 0.05) is 12.5 Å². The molecule has 2 aromatic rings. The average Bonchev–Trinajstić information content (AvgIpc) is 2.44. The minimum absolute atomic E-state index is 0.183. The van der Waals surface area contributed by atoms with Crippen LogP contribution in [0.1, 0.15) is 28.7 Å². The summed E-state index contributed by atoms with van der Waals surface area (Å²) < 4.78 is 26.5. The van der Waals surface area contributed by atoms with Crippen LogP contribution in [0.5, 0.6) is 0 Å². The van der Waals surface area contributed by atoms with E-state index in [-0.39, 0.29) is 18.2 Å². The monoisotopic (exact) mass is 277 g/mol. The van der Waals surface area contributed by atoms with Crippen molar-refractivity contribution in [3.63, 3.8) is 0 Å². The van der Waals surface area contributed by atoms with Crippen molar-refractivity contribution >= 4 is 0 Å². The Balaban J connectivity index is 2.30. The smallest absolute Gasteiger partial charge is 0.126 e. The first kappa shape index (κ1) is 14.6. The molecule has 0 bridgehead atoms. The maximum atomic E-state index is 13.6. The maximum absolute atomic E-state index is 13.6. The molecule has 0 aliphatic carbocycles. The Kier molecular flexibility index (Phi) is 4.47. The predicted molar refractivity (Wildman–Crippen MR) is 74.3 cm³/mol. The normalized spacial score (nSPS) is 14.1. The standard InChI is InChI=1S/C16H17F2NO/c1-10-2-3-12(8-15(10)18)16(20)14(9-19)11-4-6-13(17)7-5-11/h2-8,14,16,20H,9,19H2,1H3. The molecule has 0 aliphatic heterocycles. The lowest BCUT2D eigenvalue weighted by molar-refractivity contribution is 0.147. The fourth-order valence-electron chi connectivity index (χ4n) is 2.18. The first-order valence-electron chi connectivity index (χ1n) is 6.42. The number of hydrogen-bond donors (Lipinski definition) is 2. The molecule has 0 radical (unpaired) electrons. The second kappa shape index (κ2) is 6.11. The molecular weight excluding hydrogens is 260 g/mol. The van der Waals surface area contributed by atoms with Gasteiger partial charge in [0.1, 0.15) is 11.6 Å². The van der Waals surface area contributed by atoms with Crippen molar-refractivity contribution < 1.29 is 13.9 Å². The van der Waals surface area contributed by atoms with E-state index < -0.39 is 12.0 Å². The molecule has 106 valence electrons. The van der Waals surface area contributed by atoms with E-state index in [0.29, 0.717) is 11.1 Å². The van der Waals surface area contributed by atoms with Gasteiger partial charge in [-0.1, -0.05) is 24.3 Å². The highest BCUT2D eigenvalue weighted by atomic mass is 19.1. The van der Waals surface area contributed by atoms with E-state index in [1.165, 1.54) is 18.2 Å². The predicted octanol–water partition coefficient (Wildman–Crippen LogP) is 3.05. The Bertz CT molecular complexity index is 584. The largest absolute Gasteiger partial charge is 0.388 e. The lowest BCUT2D eigenvalue weighted by Gasteiger charge is -2.22. The van der Waals surface area contributed by atoms with Crippen molar-refractivity contribution in [2.75, 3.05) is 6.54 Å². The number of aryl methyl sites for hydroxylation is 1. The highest BCUT2D eigenvalue weighted by molar-refractivity contribution is 5.30. The fraction of sp³-hybridized carbons (Fsp3) is 0.250. The van der Waals surface area contributed by atoms with Crippen LogP contribution in [0.3, 0.4) is 0 Å². The van der Waals surface area contributed by atoms with Crippen molar-refractivity contribution in [3.8, 4) is 0 Å². The van der Waals surface area contributed by atoms with Gasteiger partial charge in [0.25, 0.3) is 0 Å². The third kappa shape index (κ3) is 3.03. The molecule has 0 aliphatic rings. The third-order valence-corrected chi connectivity index (χ3v) is 3.47. The molecule has 0 amide bonds. The van der Waals surface area contributed by atoms with Crippen LogP contribution < -0.4 is 5.73 Å². The maximum Gasteiger partial charge on any atom is 0.126 e. The van der Waals surface area contributed by atoms with Crippen LogP contribution in [0.25, 0.3) is 0 Å². The molecule has 2 aromatic carbocycles. The molecule has 0 heterocycles. The molecule has 2 unspecified atom stereocenters. The molecule has 2 atom stereocenters. The van der Waals surface area contributed by atoms with Crippen LogP contribution in [0.4, 0.5) is 8.78 Å². The van der Waals surface area contributed by atoms with Crippen LogP contribution in [0.15, 0.2) is 42.5 Å². The summed E-state index contributed by atoms with van der Waals surface area (Å²) in [6.45, 7) is 1.84. The first-order chi connectivity index (χ1) is 9.52. The Morgan fingerprint density at radius 3 is 2.20 bits per heavy atom. The summed E-state index contributed by atoms with van der Waals surface area (Å²) in [4.78, 5) is 0. The summed E-state index contributed by atoms with van der Waals surface area (Å²) >= 11 is 0. The number of nitrogens with two attached hydrogens (primary N) is 1. The van der Waals surface area contributed by atoms with E-state index in [4.69, 9.17) is 5.73 Å². The van der Waals surface area contributed by atoms with Crippen molar-refractivity contribution in [1.29, 1.82) is 0 Å². The first-order valence-corrected chi connectivity index (χ1v) is 6.42. The van der Waals surface area contributed by atoms with Gasteiger partial charge in [0.15, 0.2) is 0 Å². The van der Waals surface area contributed by atoms with Crippen LogP contribution in [0, 0.1) is 18.6 Å². The zero-order valence-electron chi connectivity index (χ0n) is 11.2. The highest BCUT2D eigenvalue weighted by Gasteiger charge is 2.22. The van der Waals surface area contributed by atoms with Gasteiger partial charge >= 0.3 is 0 Å². The molecule has 2 rings (SSSR count). The molecule has 0 saturated carbocycles. The van der Waals surface area contributed by atoms with Crippen molar-refractivity contribution in [2.45, 2.75) is 18.9 Å². The molecule has 0 spiro atoms. The lowest BCUT2D eigenvalue weighted by Crippen LogP contribution is -2.20. The number of rotatable bonds is 4. The molecule has 0 aromatic heterocycles. The Morgan fingerprint density at radius 2 is 1.65 bits per heavy atom. The van der Waals surface area contributed by atoms with E-state index in [1.807, 2.05) is 0 Å². The summed E-state index contributed by atoms with van der Waals surface area (Å²) in [5.41, 5.74) is 7.41. The van der Waals surface area contributed by atoms with Gasteiger partial charge in [-0.3, -0.25) is 0 Å². The summed E-state index contributed by atoms with van der Waals surface area (Å²) in [5, 5.41) is 10.4. The van der Waals surface area contributed by atoms with Gasteiger partial charge in [0.05, 0.1) is 6.10 Å². The molecule has 2 nitrogen and oxygen atoms in total. The summed E-state index contributed by atoms with van der Waals surface area (Å²) in [6.07, 6.45) is -0.930. The molecule has 4 heteroatoms. The lowest BCUT2D eigenvalue weighted by atomic mass is 9.89. The Morgan fingerprint density at radius 1 is 1.05 bits per heavy atom. The number of halogens is 2. The summed E-state index contributed by atoms with van der Waals surface area (Å²) in [6, 6.07) is 10.4. The van der Waals surface area contributed by atoms with Crippen molar-refractivity contribution in [3.05, 3.63) is 70.8 Å². The van der Waals surface area contributed by atoms with Gasteiger partial charge in [0.2, 0.25) is 0 Å². The molecule has 0 saturated heterocycles. The van der Waals surface area contributed by atoms with Gasteiger partial charge in [-0.25, -0.2) is 8.78 Å². The van der Waals surface area contributed by atoms with Crippen LogP contribution >= 0.6 is 0 Å². The zero-order valence-corrected chi connectivity index (χ0v) is 11.2. The number of aliphatic hydroxyl groups is 1. The van der Waals surface area contributed by atoms with E-state index in [1.54, 1.807) is 31.2 Å². The van der Waals surface area contributed by atoms with Crippen LogP contribution in [0.2, 0.25) is 0 Å². The Hall–Kier alpha value is -1.78. The van der Waals surface area contributed by atoms with Crippen molar-refractivity contribution in [2.24, 2.45) is 5.73 Å². The van der Waals surface area contributed by atoms with E-state index in [9.17, 15) is 13.9 Å². The Labute approximate surface area is 116 Å². The highest BCUT2D eigenvalue weighted by Crippen LogP contribution is 2.31. The zero-order chi connectivity index (χ0) is 14.7. The molecular formula is C16H17F2NO. The number of benzene rings is 2. The molecule has 3 N–H and O–H groups in total. The van der Waals surface area contributed by atoms with Crippen LogP contribution in [-0.4, -0.2) is 11.7 Å². The number of aliphatic hydroxyl groups excluding tert-OH is 1. The average molecular weight is 277 g/mol. The molecule has 0 fully saturated rings. The minimum atomic E-state index is -0.930. The van der Waals surface area contributed by atoms with Gasteiger partial charge in [-0.05, 0) is 41.8 Å². The number of hydrogen-bond acceptors (Lipinski definition) is 2. The van der Waals surface area contributed by atoms with E-state index in [2.05, 4.69) is 0 Å². The van der Waals surface area contributed by atoms with Gasteiger partial charge in [-0.2, -0.15) is 0 Å². The van der Waals surface area contributed by atoms with Crippen LogP contribution in [-0.2, 0) is 0 Å². The third-order valence-electron chi connectivity index (χ3n) is 3.47. The SMILES string of the molecule is Cc1ccc(C(O)C(CN)c2ccc(F)cc2)cc1F. The quantitative estimate of drug-likeness (QED) is 0.902. The van der Waals surface area contributed by atoms with Crippen molar-refractivity contribution in [1.82, 2.24) is 0 Å². The second-order valence-electron chi connectivity index (χ2n) is 4.85. The topological polar surface area (TPSA) is 46.2 Å². The molecule has 20 heavy (non-hydrogen) atoms. The van der Waals surface area contributed by atoms with Gasteiger partial charge < -0.3 is 10.8 Å². The fourth-order valence-corrected chi connectivity index (χ4v) is 2.18. The van der Waals surface area contributed by atoms with Gasteiger partial charge in [-0.15, -0.1) is 0 Å². The van der Waals surface area contributed by atoms with E-state index in [0.717, 1.165) is 5.56 Å².